The first-order valence-electron chi connectivity index (χ1n) is 10.9. The Kier molecular flexibility index (Phi) is 5.10. The lowest BCUT2D eigenvalue weighted by atomic mass is 9.77. The molecule has 0 saturated carbocycles. The largest absolute Gasteiger partial charge is 0.360 e. The maximum atomic E-state index is 13.4. The average Bonchev–Trinajstić information content (AvgIpc) is 3.44. The minimum atomic E-state index is -0.890. The van der Waals surface area contributed by atoms with E-state index in [0.717, 1.165) is 17.7 Å². The van der Waals surface area contributed by atoms with E-state index in [1.54, 1.807) is 0 Å². The van der Waals surface area contributed by atoms with E-state index in [9.17, 15) is 9.59 Å². The summed E-state index contributed by atoms with van der Waals surface area (Å²) in [6, 6.07) is 15.5. The molecule has 2 amide bonds. The Morgan fingerprint density at radius 1 is 1.09 bits per heavy atom. The van der Waals surface area contributed by atoms with E-state index < -0.39 is 23.5 Å². The van der Waals surface area contributed by atoms with Crippen molar-refractivity contribution in [2.75, 3.05) is 16.8 Å². The van der Waals surface area contributed by atoms with Crippen molar-refractivity contribution in [1.82, 2.24) is 5.32 Å². The van der Waals surface area contributed by atoms with Gasteiger partial charge in [0.25, 0.3) is 0 Å². The van der Waals surface area contributed by atoms with Gasteiger partial charge in [-0.05, 0) is 55.4 Å². The molecule has 0 unspecified atom stereocenters. The summed E-state index contributed by atoms with van der Waals surface area (Å²) >= 11 is 5.46. The first-order valence-corrected chi connectivity index (χ1v) is 11.3. The zero-order chi connectivity index (χ0) is 22.5. The third kappa shape index (κ3) is 3.32. The molecular formula is C25H25N3O3S. The highest BCUT2D eigenvalue weighted by Crippen LogP contribution is 2.52. The number of amides is 2. The van der Waals surface area contributed by atoms with E-state index in [1.165, 1.54) is 10.5 Å². The highest BCUT2D eigenvalue weighted by molar-refractivity contribution is 7.80. The van der Waals surface area contributed by atoms with Gasteiger partial charge in [0.05, 0.1) is 30.2 Å². The third-order valence-electron chi connectivity index (χ3n) is 6.59. The molecule has 2 bridgehead atoms. The SMILES string of the molecule is CCc1ccc(NC(=S)NC[C@@]23C=C[C@@H](O2)[C@H]2C(=O)N(c4ccc(C)cc4)C(=O)[C@@H]23)cc1. The zero-order valence-corrected chi connectivity index (χ0v) is 18.8. The van der Waals surface area contributed by atoms with Crippen LogP contribution in [-0.2, 0) is 20.7 Å². The molecule has 4 atom stereocenters. The molecule has 164 valence electrons. The molecule has 2 aromatic rings. The van der Waals surface area contributed by atoms with Gasteiger partial charge < -0.3 is 15.4 Å². The van der Waals surface area contributed by atoms with Crippen molar-refractivity contribution in [3.8, 4) is 0 Å². The number of ether oxygens (including phenoxy) is 1. The summed E-state index contributed by atoms with van der Waals surface area (Å²) in [6.07, 6.45) is 4.39. The fourth-order valence-electron chi connectivity index (χ4n) is 4.87. The Bertz CT molecular complexity index is 1110. The number of imide groups is 1. The quantitative estimate of drug-likeness (QED) is 0.416. The zero-order valence-electron chi connectivity index (χ0n) is 18.0. The standard InChI is InChI=1S/C25H25N3O3S/c1-3-16-6-8-17(9-7-16)27-24(32)26-14-25-13-12-19(31-25)20-21(25)23(30)28(22(20)29)18-10-4-15(2)5-11-18/h4-13,19-21H,3,14H2,1-2H3,(H2,26,27,32)/t19-,20-,21-,25-/m1/s1. The van der Waals surface area contributed by atoms with Crippen molar-refractivity contribution in [2.24, 2.45) is 11.8 Å². The molecule has 6 nitrogen and oxygen atoms in total. The third-order valence-corrected chi connectivity index (χ3v) is 6.84. The number of carbonyl (C=O) groups is 2. The van der Waals surface area contributed by atoms with Crippen LogP contribution in [0.5, 0.6) is 0 Å². The molecule has 0 aliphatic carbocycles. The van der Waals surface area contributed by atoms with Gasteiger partial charge in [0.15, 0.2) is 5.11 Å². The lowest BCUT2D eigenvalue weighted by molar-refractivity contribution is -0.126. The number of rotatable bonds is 5. The minimum Gasteiger partial charge on any atom is -0.360 e. The van der Waals surface area contributed by atoms with Crippen molar-refractivity contribution in [2.45, 2.75) is 32.0 Å². The lowest BCUT2D eigenvalue weighted by Crippen LogP contribution is -2.49. The topological polar surface area (TPSA) is 70.7 Å². The van der Waals surface area contributed by atoms with Crippen LogP contribution in [0.2, 0.25) is 0 Å². The number of carbonyl (C=O) groups excluding carboxylic acids is 2. The van der Waals surface area contributed by atoms with E-state index in [4.69, 9.17) is 17.0 Å². The van der Waals surface area contributed by atoms with E-state index in [0.29, 0.717) is 17.3 Å². The average molecular weight is 448 g/mol. The van der Waals surface area contributed by atoms with Gasteiger partial charge in [-0.1, -0.05) is 48.9 Å². The van der Waals surface area contributed by atoms with E-state index in [1.807, 2.05) is 55.5 Å². The Morgan fingerprint density at radius 2 is 1.81 bits per heavy atom. The summed E-state index contributed by atoms with van der Waals surface area (Å²) in [7, 11) is 0. The number of anilines is 2. The fourth-order valence-corrected chi connectivity index (χ4v) is 5.06. The fraction of sp³-hybridized carbons (Fsp3) is 0.320. The van der Waals surface area contributed by atoms with E-state index in [-0.39, 0.29) is 11.8 Å². The minimum absolute atomic E-state index is 0.197. The van der Waals surface area contributed by atoms with E-state index in [2.05, 4.69) is 29.7 Å². The predicted octanol–water partition coefficient (Wildman–Crippen LogP) is 3.36. The van der Waals surface area contributed by atoms with Crippen LogP contribution in [0.3, 0.4) is 0 Å². The number of thiocarbonyl (C=S) groups is 1. The number of nitrogens with one attached hydrogen (secondary N) is 2. The molecule has 3 aliphatic rings. The molecule has 2 N–H and O–H groups in total. The van der Waals surface area contributed by atoms with Crippen LogP contribution in [0, 0.1) is 18.8 Å². The van der Waals surface area contributed by atoms with Crippen molar-refractivity contribution in [3.63, 3.8) is 0 Å². The molecule has 2 saturated heterocycles. The lowest BCUT2D eigenvalue weighted by Gasteiger charge is -2.29. The first kappa shape index (κ1) is 20.8. The van der Waals surface area contributed by atoms with Crippen LogP contribution < -0.4 is 15.5 Å². The van der Waals surface area contributed by atoms with Crippen molar-refractivity contribution < 1.29 is 14.3 Å². The summed E-state index contributed by atoms with van der Waals surface area (Å²) in [6.45, 7) is 4.39. The second-order valence-electron chi connectivity index (χ2n) is 8.61. The number of hydrogen-bond donors (Lipinski definition) is 2. The van der Waals surface area contributed by atoms with Crippen molar-refractivity contribution >= 4 is 40.5 Å². The summed E-state index contributed by atoms with van der Waals surface area (Å²) in [5.74, 6) is -1.48. The van der Waals surface area contributed by atoms with Gasteiger partial charge in [0, 0.05) is 5.69 Å². The number of hydrogen-bond acceptors (Lipinski definition) is 4. The molecule has 2 fully saturated rings. The molecule has 32 heavy (non-hydrogen) atoms. The van der Waals surface area contributed by atoms with Crippen LogP contribution in [0.1, 0.15) is 18.1 Å². The van der Waals surface area contributed by atoms with Gasteiger partial charge in [-0.25, -0.2) is 4.90 Å². The Morgan fingerprint density at radius 3 is 2.50 bits per heavy atom. The Balaban J connectivity index is 1.31. The molecule has 0 radical (unpaired) electrons. The maximum Gasteiger partial charge on any atom is 0.241 e. The summed E-state index contributed by atoms with van der Waals surface area (Å²) in [4.78, 5) is 27.9. The second kappa shape index (κ2) is 7.83. The van der Waals surface area contributed by atoms with Gasteiger partial charge >= 0.3 is 0 Å². The van der Waals surface area contributed by atoms with Crippen molar-refractivity contribution in [1.29, 1.82) is 0 Å². The number of nitrogens with zero attached hydrogens (tertiary/aromatic N) is 1. The van der Waals surface area contributed by atoms with Gasteiger partial charge in [0.2, 0.25) is 11.8 Å². The highest BCUT2D eigenvalue weighted by Gasteiger charge is 2.67. The van der Waals surface area contributed by atoms with Crippen LogP contribution in [0.4, 0.5) is 11.4 Å². The first-order chi connectivity index (χ1) is 15.4. The second-order valence-corrected chi connectivity index (χ2v) is 9.01. The summed E-state index contributed by atoms with van der Waals surface area (Å²) in [5, 5.41) is 6.81. The maximum absolute atomic E-state index is 13.4. The van der Waals surface area contributed by atoms with Crippen LogP contribution >= 0.6 is 12.2 Å². The molecule has 3 heterocycles. The number of aryl methyl sites for hydroxylation is 2. The van der Waals surface area contributed by atoms with Crippen LogP contribution in [0.15, 0.2) is 60.7 Å². The monoisotopic (exact) mass is 447 g/mol. The van der Waals surface area contributed by atoms with Crippen molar-refractivity contribution in [3.05, 3.63) is 71.8 Å². The van der Waals surface area contributed by atoms with Crippen LogP contribution in [-0.4, -0.2) is 35.2 Å². The number of fused-ring (bicyclic) bond motifs is 5. The van der Waals surface area contributed by atoms with Gasteiger partial charge in [-0.15, -0.1) is 0 Å². The van der Waals surface area contributed by atoms with E-state index >= 15 is 0 Å². The Labute approximate surface area is 192 Å². The molecule has 0 spiro atoms. The normalized spacial score (nSPS) is 27.7. The molecular weight excluding hydrogens is 422 g/mol. The molecule has 3 aliphatic heterocycles. The highest BCUT2D eigenvalue weighted by atomic mass is 32.1. The van der Waals surface area contributed by atoms with Gasteiger partial charge in [-0.2, -0.15) is 0 Å². The molecule has 5 rings (SSSR count). The predicted molar refractivity (Wildman–Crippen MR) is 127 cm³/mol. The number of benzene rings is 2. The molecule has 7 heteroatoms. The summed E-state index contributed by atoms with van der Waals surface area (Å²) in [5.41, 5.74) is 2.93. The summed E-state index contributed by atoms with van der Waals surface area (Å²) < 4.78 is 6.17. The smallest absolute Gasteiger partial charge is 0.241 e. The van der Waals surface area contributed by atoms with Crippen LogP contribution in [0.25, 0.3) is 0 Å². The molecule has 2 aromatic carbocycles. The molecule has 0 aromatic heterocycles. The van der Waals surface area contributed by atoms with Gasteiger partial charge in [0.1, 0.15) is 5.60 Å². The van der Waals surface area contributed by atoms with Gasteiger partial charge in [-0.3, -0.25) is 9.59 Å². The Hall–Kier alpha value is -3.03.